The summed E-state index contributed by atoms with van der Waals surface area (Å²) in [6.07, 6.45) is 1.52. The number of aromatic nitrogens is 4. The predicted molar refractivity (Wildman–Crippen MR) is 111 cm³/mol. The van der Waals surface area contributed by atoms with E-state index < -0.39 is 0 Å². The van der Waals surface area contributed by atoms with Gasteiger partial charge < -0.3 is 15.4 Å². The molecule has 8 nitrogen and oxygen atoms in total. The van der Waals surface area contributed by atoms with E-state index in [9.17, 15) is 4.79 Å². The number of nitrogens with two attached hydrogens (primary N) is 1. The number of rotatable bonds is 7. The zero-order chi connectivity index (χ0) is 20.9. The van der Waals surface area contributed by atoms with Crippen LogP contribution in [0.3, 0.4) is 0 Å². The summed E-state index contributed by atoms with van der Waals surface area (Å²) in [4.78, 5) is 13.0. The Balaban J connectivity index is 1.70. The average molecular weight is 407 g/mol. The molecule has 1 atom stereocenters. The van der Waals surface area contributed by atoms with Crippen LogP contribution in [-0.2, 0) is 11.3 Å². The number of para-hydroxylation sites is 1. The van der Waals surface area contributed by atoms with Crippen LogP contribution < -0.4 is 15.4 Å². The third kappa shape index (κ3) is 4.18. The predicted octanol–water partition coefficient (Wildman–Crippen LogP) is 0.600. The lowest BCUT2D eigenvalue weighted by molar-refractivity contribution is -0.931. The van der Waals surface area contributed by atoms with E-state index in [4.69, 9.17) is 10.5 Å². The maximum atomic E-state index is 11.6. The highest BCUT2D eigenvalue weighted by atomic mass is 16.5. The number of benzene rings is 2. The van der Waals surface area contributed by atoms with Crippen molar-refractivity contribution < 1.29 is 14.4 Å². The minimum absolute atomic E-state index is 0.0626. The second-order valence-electron chi connectivity index (χ2n) is 7.69. The Morgan fingerprint density at radius 1 is 1.17 bits per heavy atom. The molecule has 0 bridgehead atoms. The summed E-state index contributed by atoms with van der Waals surface area (Å²) in [5, 5.41) is 12.7. The number of tetrazole rings is 1. The second-order valence-corrected chi connectivity index (χ2v) is 7.69. The van der Waals surface area contributed by atoms with Gasteiger partial charge in [-0.3, -0.25) is 4.79 Å². The SMILES string of the molecule is COc1ccccc1[C@H](c1nnnn1Cc1ccccc1)[NH+]1CCC(C(N)=O)CC1. The molecule has 0 aliphatic carbocycles. The van der Waals surface area contributed by atoms with Crippen LogP contribution in [0.15, 0.2) is 54.6 Å². The monoisotopic (exact) mass is 407 g/mol. The molecule has 1 aliphatic rings. The second kappa shape index (κ2) is 9.04. The van der Waals surface area contributed by atoms with Gasteiger partial charge in [-0.2, -0.15) is 0 Å². The Morgan fingerprint density at radius 2 is 1.87 bits per heavy atom. The first-order chi connectivity index (χ1) is 14.7. The van der Waals surface area contributed by atoms with E-state index in [-0.39, 0.29) is 17.9 Å². The number of primary amides is 1. The summed E-state index contributed by atoms with van der Waals surface area (Å²) in [5.41, 5.74) is 7.72. The van der Waals surface area contributed by atoms with Gasteiger partial charge in [0.1, 0.15) is 5.75 Å². The molecule has 1 aromatic heterocycles. The number of likely N-dealkylation sites (tertiary alicyclic amines) is 1. The summed E-state index contributed by atoms with van der Waals surface area (Å²) in [7, 11) is 1.68. The molecular weight excluding hydrogens is 380 g/mol. The molecule has 1 amide bonds. The molecule has 2 aromatic carbocycles. The quantitative estimate of drug-likeness (QED) is 0.597. The fourth-order valence-electron chi connectivity index (χ4n) is 4.30. The molecule has 1 saturated heterocycles. The van der Waals surface area contributed by atoms with Gasteiger partial charge in [-0.25, -0.2) is 4.68 Å². The number of hydrogen-bond acceptors (Lipinski definition) is 5. The molecule has 1 aliphatic heterocycles. The van der Waals surface area contributed by atoms with Crippen molar-refractivity contribution in [2.75, 3.05) is 20.2 Å². The number of amides is 1. The van der Waals surface area contributed by atoms with Gasteiger partial charge >= 0.3 is 0 Å². The van der Waals surface area contributed by atoms with E-state index in [1.165, 1.54) is 4.90 Å². The van der Waals surface area contributed by atoms with Gasteiger partial charge in [0.15, 0.2) is 6.04 Å². The Hall–Kier alpha value is -3.26. The minimum Gasteiger partial charge on any atom is -0.496 e. The summed E-state index contributed by atoms with van der Waals surface area (Å²) in [5.74, 6) is 1.32. The van der Waals surface area contributed by atoms with E-state index in [0.29, 0.717) is 6.54 Å². The maximum absolute atomic E-state index is 11.6. The fourth-order valence-corrected chi connectivity index (χ4v) is 4.30. The van der Waals surface area contributed by atoms with Crippen molar-refractivity contribution >= 4 is 5.91 Å². The highest BCUT2D eigenvalue weighted by Gasteiger charge is 2.37. The first-order valence-electron chi connectivity index (χ1n) is 10.2. The van der Waals surface area contributed by atoms with Crippen molar-refractivity contribution in [1.82, 2.24) is 20.2 Å². The first kappa shape index (κ1) is 20.0. The smallest absolute Gasteiger partial charge is 0.220 e. The first-order valence-corrected chi connectivity index (χ1v) is 10.2. The number of carbonyl (C=O) groups excluding carboxylic acids is 1. The van der Waals surface area contributed by atoms with Crippen LogP contribution in [0.2, 0.25) is 0 Å². The molecule has 4 rings (SSSR count). The van der Waals surface area contributed by atoms with Gasteiger partial charge in [-0.05, 0) is 28.1 Å². The van der Waals surface area contributed by atoms with Gasteiger partial charge in [-0.1, -0.05) is 42.5 Å². The Kier molecular flexibility index (Phi) is 6.04. The molecule has 2 heterocycles. The molecular formula is C22H27N6O2+. The van der Waals surface area contributed by atoms with Crippen LogP contribution in [0.25, 0.3) is 0 Å². The van der Waals surface area contributed by atoms with Crippen molar-refractivity contribution in [3.8, 4) is 5.75 Å². The van der Waals surface area contributed by atoms with Crippen LogP contribution in [0, 0.1) is 5.92 Å². The van der Waals surface area contributed by atoms with Crippen LogP contribution in [-0.4, -0.2) is 46.3 Å². The molecule has 0 saturated carbocycles. The zero-order valence-electron chi connectivity index (χ0n) is 17.1. The number of methoxy groups -OCH3 is 1. The molecule has 0 radical (unpaired) electrons. The van der Waals surface area contributed by atoms with Crippen molar-refractivity contribution in [2.24, 2.45) is 11.7 Å². The molecule has 3 N–H and O–H groups in total. The van der Waals surface area contributed by atoms with Gasteiger partial charge in [0.25, 0.3) is 0 Å². The van der Waals surface area contributed by atoms with E-state index in [1.807, 2.05) is 41.1 Å². The van der Waals surface area contributed by atoms with E-state index in [0.717, 1.165) is 48.6 Å². The van der Waals surface area contributed by atoms with Crippen molar-refractivity contribution in [3.05, 3.63) is 71.5 Å². The normalized spacial score (nSPS) is 19.9. The van der Waals surface area contributed by atoms with Crippen molar-refractivity contribution in [3.63, 3.8) is 0 Å². The van der Waals surface area contributed by atoms with Gasteiger partial charge in [0.05, 0.1) is 32.3 Å². The van der Waals surface area contributed by atoms with Crippen LogP contribution in [0.4, 0.5) is 0 Å². The Bertz CT molecular complexity index is 982. The number of carbonyl (C=O) groups is 1. The van der Waals surface area contributed by atoms with Crippen LogP contribution >= 0.6 is 0 Å². The lowest BCUT2D eigenvalue weighted by Gasteiger charge is -2.33. The maximum Gasteiger partial charge on any atom is 0.220 e. The summed E-state index contributed by atoms with van der Waals surface area (Å²) < 4.78 is 7.53. The molecule has 0 spiro atoms. The third-order valence-electron chi connectivity index (χ3n) is 5.88. The molecule has 156 valence electrons. The lowest BCUT2D eigenvalue weighted by Crippen LogP contribution is -3.13. The van der Waals surface area contributed by atoms with E-state index >= 15 is 0 Å². The van der Waals surface area contributed by atoms with Crippen molar-refractivity contribution in [2.45, 2.75) is 25.4 Å². The summed E-state index contributed by atoms with van der Waals surface area (Å²) in [6, 6.07) is 18.0. The summed E-state index contributed by atoms with van der Waals surface area (Å²) >= 11 is 0. The number of quaternary nitrogens is 1. The molecule has 1 fully saturated rings. The highest BCUT2D eigenvalue weighted by molar-refractivity contribution is 5.76. The van der Waals surface area contributed by atoms with E-state index in [1.54, 1.807) is 7.11 Å². The van der Waals surface area contributed by atoms with E-state index in [2.05, 4.69) is 33.7 Å². The lowest BCUT2D eigenvalue weighted by atomic mass is 9.93. The van der Waals surface area contributed by atoms with Gasteiger partial charge in [0.2, 0.25) is 11.7 Å². The van der Waals surface area contributed by atoms with Crippen LogP contribution in [0.1, 0.15) is 35.8 Å². The number of nitrogens with zero attached hydrogens (tertiary/aromatic N) is 4. The highest BCUT2D eigenvalue weighted by Crippen LogP contribution is 2.28. The third-order valence-corrected chi connectivity index (χ3v) is 5.88. The zero-order valence-corrected chi connectivity index (χ0v) is 17.1. The Labute approximate surface area is 175 Å². The topological polar surface area (TPSA) is 100 Å². The number of nitrogens with one attached hydrogen (secondary N) is 1. The molecule has 8 heteroatoms. The average Bonchev–Trinajstić information content (AvgIpc) is 3.23. The standard InChI is InChI=1S/C22H26N6O2/c1-30-19-10-6-5-9-18(19)20(27-13-11-17(12-14-27)21(23)29)22-24-25-26-28(22)15-16-7-3-2-4-8-16/h2-10,17,20H,11-15H2,1H3,(H2,23,29)/p+1/t20-/m1/s1. The minimum atomic E-state index is -0.211. The molecule has 3 aromatic rings. The number of hydrogen-bond donors (Lipinski definition) is 2. The largest absolute Gasteiger partial charge is 0.496 e. The molecule has 0 unspecified atom stereocenters. The van der Waals surface area contributed by atoms with Gasteiger partial charge in [0, 0.05) is 18.8 Å². The number of piperidine rings is 1. The Morgan fingerprint density at radius 3 is 2.57 bits per heavy atom. The fraction of sp³-hybridized carbons (Fsp3) is 0.364. The number of ether oxygens (including phenoxy) is 1. The van der Waals surface area contributed by atoms with Crippen LogP contribution in [0.5, 0.6) is 5.75 Å². The summed E-state index contributed by atoms with van der Waals surface area (Å²) in [6.45, 7) is 2.22. The van der Waals surface area contributed by atoms with Gasteiger partial charge in [-0.15, -0.1) is 5.10 Å². The van der Waals surface area contributed by atoms with Crippen molar-refractivity contribution in [1.29, 1.82) is 0 Å². The molecule has 30 heavy (non-hydrogen) atoms.